The number of H-pyrrole nitrogens is 1. The Morgan fingerprint density at radius 3 is 2.58 bits per heavy atom. The van der Waals surface area contributed by atoms with Crippen LogP contribution in [0.15, 0.2) is 24.3 Å². The quantitative estimate of drug-likeness (QED) is 0.790. The number of benzene rings is 1. The SMILES string of the molecule is CC(C)c1ccc(C(N)CNC(=O)c2n[nH]c3c2CCCC3)cc1. The lowest BCUT2D eigenvalue weighted by Crippen LogP contribution is -2.32. The molecule has 1 aromatic heterocycles. The van der Waals surface area contributed by atoms with Crippen LogP contribution in [0.2, 0.25) is 0 Å². The molecule has 3 rings (SSSR count). The van der Waals surface area contributed by atoms with Crippen LogP contribution in [0, 0.1) is 0 Å². The predicted molar refractivity (Wildman–Crippen MR) is 95.0 cm³/mol. The van der Waals surface area contributed by atoms with Gasteiger partial charge in [0.25, 0.3) is 5.91 Å². The zero-order valence-corrected chi connectivity index (χ0v) is 14.4. The van der Waals surface area contributed by atoms with Crippen molar-refractivity contribution in [2.45, 2.75) is 51.5 Å². The number of carbonyl (C=O) groups is 1. The molecule has 128 valence electrons. The van der Waals surface area contributed by atoms with E-state index >= 15 is 0 Å². The Morgan fingerprint density at radius 1 is 1.21 bits per heavy atom. The number of nitrogens with one attached hydrogen (secondary N) is 2. The van der Waals surface area contributed by atoms with E-state index in [4.69, 9.17) is 5.73 Å². The fraction of sp³-hybridized carbons (Fsp3) is 0.474. The molecule has 1 aliphatic rings. The highest BCUT2D eigenvalue weighted by Gasteiger charge is 2.21. The summed E-state index contributed by atoms with van der Waals surface area (Å²) in [4.78, 5) is 12.4. The third kappa shape index (κ3) is 3.51. The number of amides is 1. The van der Waals surface area contributed by atoms with E-state index < -0.39 is 0 Å². The van der Waals surface area contributed by atoms with E-state index in [0.29, 0.717) is 18.2 Å². The number of aryl methyl sites for hydroxylation is 1. The monoisotopic (exact) mass is 326 g/mol. The molecule has 5 nitrogen and oxygen atoms in total. The first-order valence-electron chi connectivity index (χ1n) is 8.76. The van der Waals surface area contributed by atoms with Crippen LogP contribution in [0.25, 0.3) is 0 Å². The summed E-state index contributed by atoms with van der Waals surface area (Å²) in [7, 11) is 0. The van der Waals surface area contributed by atoms with Crippen molar-refractivity contribution in [3.8, 4) is 0 Å². The molecule has 1 unspecified atom stereocenters. The Bertz CT molecular complexity index is 703. The Kier molecular flexibility index (Phi) is 5.00. The fourth-order valence-corrected chi connectivity index (χ4v) is 3.20. The van der Waals surface area contributed by atoms with Crippen molar-refractivity contribution in [2.75, 3.05) is 6.54 Å². The van der Waals surface area contributed by atoms with E-state index in [9.17, 15) is 4.79 Å². The van der Waals surface area contributed by atoms with Gasteiger partial charge in [-0.25, -0.2) is 0 Å². The standard InChI is InChI=1S/C19H26N4O/c1-12(2)13-7-9-14(10-8-13)16(20)11-21-19(24)18-15-5-3-4-6-17(15)22-23-18/h7-10,12,16H,3-6,11,20H2,1-2H3,(H,21,24)(H,22,23). The maximum atomic E-state index is 12.4. The number of hydrogen-bond acceptors (Lipinski definition) is 3. The molecule has 0 saturated heterocycles. The second kappa shape index (κ2) is 7.18. The van der Waals surface area contributed by atoms with Gasteiger partial charge in [0.2, 0.25) is 0 Å². The number of aromatic nitrogens is 2. The average Bonchev–Trinajstić information content (AvgIpc) is 3.03. The summed E-state index contributed by atoms with van der Waals surface area (Å²) in [5.74, 6) is 0.365. The number of fused-ring (bicyclic) bond motifs is 1. The molecule has 0 radical (unpaired) electrons. The van der Waals surface area contributed by atoms with Crippen LogP contribution in [-0.2, 0) is 12.8 Å². The molecule has 1 aromatic carbocycles. The molecule has 1 amide bonds. The van der Waals surface area contributed by atoms with Crippen LogP contribution in [0.1, 0.15) is 71.5 Å². The van der Waals surface area contributed by atoms with Crippen LogP contribution in [0.3, 0.4) is 0 Å². The molecular weight excluding hydrogens is 300 g/mol. The lowest BCUT2D eigenvalue weighted by Gasteiger charge is -2.15. The highest BCUT2D eigenvalue weighted by atomic mass is 16.1. The van der Waals surface area contributed by atoms with Crippen molar-refractivity contribution >= 4 is 5.91 Å². The van der Waals surface area contributed by atoms with E-state index in [1.165, 1.54) is 5.56 Å². The van der Waals surface area contributed by atoms with Gasteiger partial charge in [0.05, 0.1) is 0 Å². The number of rotatable bonds is 5. The molecule has 1 heterocycles. The van der Waals surface area contributed by atoms with Crippen LogP contribution in [0.5, 0.6) is 0 Å². The van der Waals surface area contributed by atoms with Crippen LogP contribution < -0.4 is 11.1 Å². The molecule has 0 saturated carbocycles. The van der Waals surface area contributed by atoms with E-state index in [1.54, 1.807) is 0 Å². The molecule has 4 N–H and O–H groups in total. The largest absolute Gasteiger partial charge is 0.349 e. The molecule has 5 heteroatoms. The number of carbonyl (C=O) groups excluding carboxylic acids is 1. The summed E-state index contributed by atoms with van der Waals surface area (Å²) in [6.07, 6.45) is 4.19. The first-order valence-corrected chi connectivity index (χ1v) is 8.76. The van der Waals surface area contributed by atoms with Crippen molar-refractivity contribution in [1.82, 2.24) is 15.5 Å². The molecule has 0 bridgehead atoms. The highest BCUT2D eigenvalue weighted by molar-refractivity contribution is 5.94. The minimum Gasteiger partial charge on any atom is -0.349 e. The zero-order chi connectivity index (χ0) is 17.1. The molecule has 1 aliphatic carbocycles. The summed E-state index contributed by atoms with van der Waals surface area (Å²) >= 11 is 0. The van der Waals surface area contributed by atoms with Gasteiger partial charge in [-0.2, -0.15) is 5.10 Å². The lowest BCUT2D eigenvalue weighted by atomic mass is 9.95. The van der Waals surface area contributed by atoms with E-state index in [0.717, 1.165) is 42.5 Å². The summed E-state index contributed by atoms with van der Waals surface area (Å²) < 4.78 is 0. The third-order valence-electron chi connectivity index (χ3n) is 4.79. The zero-order valence-electron chi connectivity index (χ0n) is 14.4. The Morgan fingerprint density at radius 2 is 1.88 bits per heavy atom. The minimum atomic E-state index is -0.218. The Balaban J connectivity index is 1.60. The molecule has 0 spiro atoms. The predicted octanol–water partition coefficient (Wildman–Crippen LogP) is 2.84. The maximum Gasteiger partial charge on any atom is 0.272 e. The normalized spacial score (nSPS) is 15.2. The van der Waals surface area contributed by atoms with Gasteiger partial charge in [0.1, 0.15) is 0 Å². The third-order valence-corrected chi connectivity index (χ3v) is 4.79. The number of aromatic amines is 1. The van der Waals surface area contributed by atoms with Gasteiger partial charge < -0.3 is 11.1 Å². The molecular formula is C19H26N4O. The van der Waals surface area contributed by atoms with Gasteiger partial charge in [-0.1, -0.05) is 38.1 Å². The van der Waals surface area contributed by atoms with Crippen molar-refractivity contribution in [3.05, 3.63) is 52.3 Å². The first-order chi connectivity index (χ1) is 11.6. The van der Waals surface area contributed by atoms with Crippen molar-refractivity contribution < 1.29 is 4.79 Å². The van der Waals surface area contributed by atoms with Gasteiger partial charge >= 0.3 is 0 Å². The van der Waals surface area contributed by atoms with Gasteiger partial charge in [0.15, 0.2) is 5.69 Å². The van der Waals surface area contributed by atoms with Crippen LogP contribution in [-0.4, -0.2) is 22.6 Å². The summed E-state index contributed by atoms with van der Waals surface area (Å²) in [5.41, 5.74) is 11.3. The van der Waals surface area contributed by atoms with Crippen LogP contribution >= 0.6 is 0 Å². The number of nitrogens with zero attached hydrogens (tertiary/aromatic N) is 1. The van der Waals surface area contributed by atoms with Crippen molar-refractivity contribution in [3.63, 3.8) is 0 Å². The van der Waals surface area contributed by atoms with E-state index in [2.05, 4.69) is 41.5 Å². The van der Waals surface area contributed by atoms with Gasteiger partial charge in [-0.05, 0) is 42.7 Å². The number of nitrogens with two attached hydrogens (primary N) is 1. The molecule has 0 fully saturated rings. The summed E-state index contributed by atoms with van der Waals surface area (Å²) in [6, 6.07) is 8.08. The van der Waals surface area contributed by atoms with E-state index in [1.807, 2.05) is 12.1 Å². The van der Waals surface area contributed by atoms with Crippen molar-refractivity contribution in [2.24, 2.45) is 5.73 Å². The average molecular weight is 326 g/mol. The second-order valence-corrected chi connectivity index (χ2v) is 6.87. The molecule has 0 aliphatic heterocycles. The minimum absolute atomic E-state index is 0.136. The maximum absolute atomic E-state index is 12.4. The Hall–Kier alpha value is -2.14. The molecule has 1 atom stereocenters. The summed E-state index contributed by atoms with van der Waals surface area (Å²) in [5, 5.41) is 10.1. The second-order valence-electron chi connectivity index (χ2n) is 6.87. The Labute approximate surface area is 143 Å². The van der Waals surface area contributed by atoms with Gasteiger partial charge in [0, 0.05) is 23.8 Å². The van der Waals surface area contributed by atoms with Crippen molar-refractivity contribution in [1.29, 1.82) is 0 Å². The highest BCUT2D eigenvalue weighted by Crippen LogP contribution is 2.22. The van der Waals surface area contributed by atoms with Crippen LogP contribution in [0.4, 0.5) is 0 Å². The van der Waals surface area contributed by atoms with Gasteiger partial charge in [-0.15, -0.1) is 0 Å². The molecule has 24 heavy (non-hydrogen) atoms. The number of hydrogen-bond donors (Lipinski definition) is 3. The molecule has 2 aromatic rings. The summed E-state index contributed by atoms with van der Waals surface area (Å²) in [6.45, 7) is 4.74. The fourth-order valence-electron chi connectivity index (χ4n) is 3.20. The smallest absolute Gasteiger partial charge is 0.272 e. The first kappa shape index (κ1) is 16.7. The van der Waals surface area contributed by atoms with Gasteiger partial charge in [-0.3, -0.25) is 9.89 Å². The lowest BCUT2D eigenvalue weighted by molar-refractivity contribution is 0.0945. The van der Waals surface area contributed by atoms with E-state index in [-0.39, 0.29) is 11.9 Å². The topological polar surface area (TPSA) is 83.8 Å².